The molecule has 0 atom stereocenters. The fourth-order valence-corrected chi connectivity index (χ4v) is 2.20. The van der Waals surface area contributed by atoms with Crippen LogP contribution in [0.5, 0.6) is 0 Å². The molecule has 2 aromatic heterocycles. The third-order valence-corrected chi connectivity index (χ3v) is 3.22. The van der Waals surface area contributed by atoms with Gasteiger partial charge in [0, 0.05) is 10.4 Å². The van der Waals surface area contributed by atoms with Crippen molar-refractivity contribution in [3.8, 4) is 0 Å². The SMILES string of the molecule is Cc1cc(COCc2cccs2)oc1C(=O)NN. The number of thiophene rings is 1. The van der Waals surface area contributed by atoms with Crippen LogP contribution in [0.1, 0.15) is 26.8 Å². The molecule has 96 valence electrons. The van der Waals surface area contributed by atoms with Gasteiger partial charge in [-0.3, -0.25) is 10.2 Å². The summed E-state index contributed by atoms with van der Waals surface area (Å²) in [5.74, 6) is 5.47. The van der Waals surface area contributed by atoms with Crippen molar-refractivity contribution >= 4 is 17.2 Å². The molecule has 2 heterocycles. The van der Waals surface area contributed by atoms with E-state index in [9.17, 15) is 4.79 Å². The van der Waals surface area contributed by atoms with Gasteiger partial charge in [0.2, 0.25) is 0 Å². The van der Waals surface area contributed by atoms with Crippen LogP contribution in [-0.4, -0.2) is 5.91 Å². The molecule has 0 spiro atoms. The zero-order chi connectivity index (χ0) is 13.0. The summed E-state index contributed by atoms with van der Waals surface area (Å²) in [6.45, 7) is 2.66. The standard InChI is InChI=1S/C12H14N2O3S/c1-8-5-9(17-11(8)12(15)14-13)6-16-7-10-3-2-4-18-10/h2-5H,6-7,13H2,1H3,(H,14,15). The first kappa shape index (κ1) is 12.8. The Morgan fingerprint density at radius 2 is 2.39 bits per heavy atom. The summed E-state index contributed by atoms with van der Waals surface area (Å²) in [6, 6.07) is 5.76. The number of rotatable bonds is 5. The largest absolute Gasteiger partial charge is 0.453 e. The highest BCUT2D eigenvalue weighted by Crippen LogP contribution is 2.16. The van der Waals surface area contributed by atoms with Gasteiger partial charge in [-0.2, -0.15) is 0 Å². The lowest BCUT2D eigenvalue weighted by atomic mass is 10.2. The molecule has 0 aliphatic heterocycles. The number of carbonyl (C=O) groups excluding carboxylic acids is 1. The van der Waals surface area contributed by atoms with E-state index < -0.39 is 5.91 Å². The van der Waals surface area contributed by atoms with Gasteiger partial charge < -0.3 is 9.15 Å². The van der Waals surface area contributed by atoms with E-state index in [2.05, 4.69) is 0 Å². The van der Waals surface area contributed by atoms with Gasteiger partial charge in [-0.25, -0.2) is 5.84 Å². The predicted octanol–water partition coefficient (Wildman–Crippen LogP) is 1.97. The minimum absolute atomic E-state index is 0.229. The van der Waals surface area contributed by atoms with Crippen LogP contribution in [0.25, 0.3) is 0 Å². The number of nitrogens with two attached hydrogens (primary N) is 1. The Morgan fingerprint density at radius 3 is 3.06 bits per heavy atom. The lowest BCUT2D eigenvalue weighted by Gasteiger charge is -1.99. The van der Waals surface area contributed by atoms with E-state index in [1.54, 1.807) is 24.3 Å². The molecule has 0 fully saturated rings. The number of ether oxygens (including phenoxy) is 1. The zero-order valence-electron chi connectivity index (χ0n) is 9.93. The molecule has 0 saturated carbocycles. The summed E-state index contributed by atoms with van der Waals surface area (Å²) in [6.07, 6.45) is 0. The minimum Gasteiger partial charge on any atom is -0.453 e. The number of carbonyl (C=O) groups is 1. The molecule has 0 aromatic carbocycles. The molecule has 2 rings (SSSR count). The summed E-state index contributed by atoms with van der Waals surface area (Å²) in [5, 5.41) is 2.00. The van der Waals surface area contributed by atoms with Crippen molar-refractivity contribution in [2.24, 2.45) is 5.84 Å². The highest BCUT2D eigenvalue weighted by molar-refractivity contribution is 7.09. The summed E-state index contributed by atoms with van der Waals surface area (Å²) in [5.41, 5.74) is 2.79. The van der Waals surface area contributed by atoms with Crippen LogP contribution in [0, 0.1) is 6.92 Å². The second-order valence-corrected chi connectivity index (χ2v) is 4.80. The van der Waals surface area contributed by atoms with Gasteiger partial charge in [0.05, 0.1) is 6.61 Å². The van der Waals surface area contributed by atoms with E-state index in [1.807, 2.05) is 22.9 Å². The Hall–Kier alpha value is -1.63. The molecule has 5 nitrogen and oxygen atoms in total. The number of amides is 1. The van der Waals surface area contributed by atoms with E-state index in [-0.39, 0.29) is 5.76 Å². The first-order chi connectivity index (χ1) is 8.70. The van der Waals surface area contributed by atoms with Crippen LogP contribution in [0.2, 0.25) is 0 Å². The van der Waals surface area contributed by atoms with Crippen molar-refractivity contribution in [2.75, 3.05) is 0 Å². The van der Waals surface area contributed by atoms with Crippen LogP contribution in [-0.2, 0) is 18.0 Å². The van der Waals surface area contributed by atoms with Gasteiger partial charge in [0.1, 0.15) is 12.4 Å². The quantitative estimate of drug-likeness (QED) is 0.493. The van der Waals surface area contributed by atoms with Crippen LogP contribution in [0.3, 0.4) is 0 Å². The fraction of sp³-hybridized carbons (Fsp3) is 0.250. The Morgan fingerprint density at radius 1 is 1.56 bits per heavy atom. The highest BCUT2D eigenvalue weighted by Gasteiger charge is 2.14. The van der Waals surface area contributed by atoms with Crippen LogP contribution < -0.4 is 11.3 Å². The normalized spacial score (nSPS) is 10.6. The van der Waals surface area contributed by atoms with E-state index in [0.29, 0.717) is 19.0 Å². The molecule has 0 saturated heterocycles. The molecule has 2 aromatic rings. The van der Waals surface area contributed by atoms with Gasteiger partial charge in [-0.1, -0.05) is 6.07 Å². The molecular weight excluding hydrogens is 252 g/mol. The molecule has 6 heteroatoms. The summed E-state index contributed by atoms with van der Waals surface area (Å²) >= 11 is 1.64. The maximum absolute atomic E-state index is 11.3. The molecule has 0 aliphatic rings. The second-order valence-electron chi connectivity index (χ2n) is 3.77. The van der Waals surface area contributed by atoms with Crippen molar-refractivity contribution in [2.45, 2.75) is 20.1 Å². The van der Waals surface area contributed by atoms with Crippen molar-refractivity contribution < 1.29 is 13.9 Å². The maximum atomic E-state index is 11.3. The summed E-state index contributed by atoms with van der Waals surface area (Å²) in [7, 11) is 0. The lowest BCUT2D eigenvalue weighted by Crippen LogP contribution is -2.30. The minimum atomic E-state index is -0.433. The van der Waals surface area contributed by atoms with Crippen LogP contribution in [0.15, 0.2) is 28.0 Å². The fourth-order valence-electron chi connectivity index (χ4n) is 1.56. The number of nitrogen functional groups attached to an aromatic ring is 1. The topological polar surface area (TPSA) is 77.5 Å². The average molecular weight is 266 g/mol. The Balaban J connectivity index is 1.92. The molecule has 0 radical (unpaired) electrons. The van der Waals surface area contributed by atoms with Crippen molar-refractivity contribution in [3.63, 3.8) is 0 Å². The van der Waals surface area contributed by atoms with Crippen molar-refractivity contribution in [1.29, 1.82) is 0 Å². The zero-order valence-corrected chi connectivity index (χ0v) is 10.8. The van der Waals surface area contributed by atoms with E-state index >= 15 is 0 Å². The first-order valence-corrected chi connectivity index (χ1v) is 6.29. The van der Waals surface area contributed by atoms with Gasteiger partial charge in [-0.15, -0.1) is 11.3 Å². The predicted molar refractivity (Wildman–Crippen MR) is 67.9 cm³/mol. The maximum Gasteiger partial charge on any atom is 0.301 e. The second kappa shape index (κ2) is 5.81. The smallest absolute Gasteiger partial charge is 0.301 e. The number of furan rings is 1. The molecular formula is C12H14N2O3S. The lowest BCUT2D eigenvalue weighted by molar-refractivity contribution is 0.0864. The Bertz CT molecular complexity index is 519. The van der Waals surface area contributed by atoms with Crippen LogP contribution >= 0.6 is 11.3 Å². The summed E-state index contributed by atoms with van der Waals surface area (Å²) in [4.78, 5) is 12.5. The van der Waals surface area contributed by atoms with Gasteiger partial charge in [-0.05, 0) is 24.4 Å². The molecule has 18 heavy (non-hydrogen) atoms. The van der Waals surface area contributed by atoms with Crippen molar-refractivity contribution in [1.82, 2.24) is 5.43 Å². The average Bonchev–Trinajstić information content (AvgIpc) is 2.98. The number of hydrazine groups is 1. The van der Waals surface area contributed by atoms with Gasteiger partial charge >= 0.3 is 5.91 Å². The molecule has 0 bridgehead atoms. The molecule has 1 amide bonds. The Kier molecular flexibility index (Phi) is 4.14. The molecule has 0 aliphatic carbocycles. The van der Waals surface area contributed by atoms with E-state index in [4.69, 9.17) is 15.0 Å². The number of nitrogens with one attached hydrogen (secondary N) is 1. The van der Waals surface area contributed by atoms with Crippen LogP contribution in [0.4, 0.5) is 0 Å². The highest BCUT2D eigenvalue weighted by atomic mass is 32.1. The summed E-state index contributed by atoms with van der Waals surface area (Å²) < 4.78 is 10.9. The number of aryl methyl sites for hydroxylation is 1. The first-order valence-electron chi connectivity index (χ1n) is 5.41. The third-order valence-electron chi connectivity index (χ3n) is 2.37. The van der Waals surface area contributed by atoms with E-state index in [1.165, 1.54) is 0 Å². The van der Waals surface area contributed by atoms with Gasteiger partial charge in [0.25, 0.3) is 0 Å². The third kappa shape index (κ3) is 2.98. The van der Waals surface area contributed by atoms with Gasteiger partial charge in [0.15, 0.2) is 5.76 Å². The Labute approximate surface area is 109 Å². The van der Waals surface area contributed by atoms with Crippen molar-refractivity contribution in [3.05, 3.63) is 45.5 Å². The number of hydrogen-bond donors (Lipinski definition) is 2. The number of hydrogen-bond acceptors (Lipinski definition) is 5. The molecule has 0 unspecified atom stereocenters. The monoisotopic (exact) mass is 266 g/mol. The van der Waals surface area contributed by atoms with E-state index in [0.717, 1.165) is 10.4 Å². The molecule has 3 N–H and O–H groups in total.